The van der Waals surface area contributed by atoms with Crippen molar-refractivity contribution in [2.45, 2.75) is 88.1 Å². The average Bonchev–Trinajstić information content (AvgIpc) is 3.79. The molecule has 2 spiro atoms. The van der Waals surface area contributed by atoms with Crippen LogP contribution in [0.3, 0.4) is 0 Å². The van der Waals surface area contributed by atoms with E-state index in [0.717, 1.165) is 49.6 Å². The predicted molar refractivity (Wildman–Crippen MR) is 166 cm³/mol. The molecule has 0 aromatic heterocycles. The van der Waals surface area contributed by atoms with Crippen molar-refractivity contribution < 1.29 is 28.5 Å². The van der Waals surface area contributed by atoms with Gasteiger partial charge >= 0.3 is 5.97 Å². The molecular formula is C37H47NO6. The number of carbonyl (C=O) groups excluding carboxylic acids is 1. The topological polar surface area (TPSA) is 66.5 Å². The second-order valence-electron chi connectivity index (χ2n) is 14.3. The Bertz CT molecular complexity index is 1410. The van der Waals surface area contributed by atoms with Gasteiger partial charge in [0.1, 0.15) is 11.7 Å². The van der Waals surface area contributed by atoms with Crippen LogP contribution in [0.1, 0.15) is 68.6 Å². The summed E-state index contributed by atoms with van der Waals surface area (Å²) >= 11 is 0. The lowest BCUT2D eigenvalue weighted by Gasteiger charge is -2.76. The van der Waals surface area contributed by atoms with E-state index in [4.69, 9.17) is 23.7 Å². The molecule has 4 bridgehead atoms. The van der Waals surface area contributed by atoms with Crippen molar-refractivity contribution in [3.63, 3.8) is 0 Å². The van der Waals surface area contributed by atoms with Crippen LogP contribution in [-0.2, 0) is 37.4 Å². The lowest BCUT2D eigenvalue weighted by molar-refractivity contribution is -0.312. The third-order valence-corrected chi connectivity index (χ3v) is 12.7. The van der Waals surface area contributed by atoms with Crippen molar-refractivity contribution in [2.75, 3.05) is 40.5 Å². The minimum Gasteiger partial charge on any atom is -0.493 e. The third-order valence-electron chi connectivity index (χ3n) is 12.7. The summed E-state index contributed by atoms with van der Waals surface area (Å²) in [6.07, 6.45) is 7.76. The summed E-state index contributed by atoms with van der Waals surface area (Å²) in [5.41, 5.74) is 3.24. The number of nitrogens with zero attached hydrogens (tertiary/aromatic N) is 1. The van der Waals surface area contributed by atoms with Crippen molar-refractivity contribution in [1.29, 1.82) is 0 Å². The Morgan fingerprint density at radius 2 is 1.89 bits per heavy atom. The fourth-order valence-corrected chi connectivity index (χ4v) is 11.1. The maximum atomic E-state index is 12.9. The largest absolute Gasteiger partial charge is 0.493 e. The molecule has 2 aromatic carbocycles. The van der Waals surface area contributed by atoms with Crippen LogP contribution in [0, 0.1) is 23.2 Å². The number of carbonyl (C=O) groups is 1. The Hall–Kier alpha value is -2.61. The van der Waals surface area contributed by atoms with Gasteiger partial charge in [0.2, 0.25) is 0 Å². The number of ether oxygens (including phenoxy) is 5. The van der Waals surface area contributed by atoms with Crippen LogP contribution in [0.2, 0.25) is 0 Å². The van der Waals surface area contributed by atoms with Gasteiger partial charge in [-0.05, 0) is 93.4 Å². The fourth-order valence-electron chi connectivity index (χ4n) is 11.1. The summed E-state index contributed by atoms with van der Waals surface area (Å²) in [6, 6.07) is 15.3. The van der Waals surface area contributed by atoms with Crippen molar-refractivity contribution in [3.8, 4) is 11.5 Å². The van der Waals surface area contributed by atoms with E-state index in [2.05, 4.69) is 47.4 Å². The first-order valence-corrected chi connectivity index (χ1v) is 17.0. The lowest BCUT2D eigenvalue weighted by Crippen LogP contribution is -2.84. The van der Waals surface area contributed by atoms with Gasteiger partial charge in [0.25, 0.3) is 0 Å². The van der Waals surface area contributed by atoms with Crippen molar-refractivity contribution in [3.05, 3.63) is 59.2 Å². The molecule has 2 aliphatic heterocycles. The molecule has 7 aliphatic rings. The first-order chi connectivity index (χ1) is 21.5. The number of likely N-dealkylation sites (tertiary alicyclic amines) is 1. The molecule has 44 heavy (non-hydrogen) atoms. The number of hydrogen-bond donors (Lipinski definition) is 0. The molecule has 1 saturated heterocycles. The number of methoxy groups -OCH3 is 2. The van der Waals surface area contributed by atoms with E-state index in [-0.39, 0.29) is 34.7 Å². The standard InChI is InChI=1S/C37H47NO6/c1-4-43-31(39)15-13-27-28(23-42-22-25-8-6-5-7-9-25)35-16-17-37(27,41-3)34-36(35)18-19-38(21-24-10-11-24)30(35)20-26-12-14-29(40-2)33(44-34)32(26)36/h5-9,12,14,24,27-28,30,34H,4,10-11,13,15-23H2,1-3H3/t27-,28-,30+,34+,35?,36?,37?/m0/s1. The summed E-state index contributed by atoms with van der Waals surface area (Å²) in [5, 5.41) is 0. The maximum Gasteiger partial charge on any atom is 0.305 e. The SMILES string of the molecule is CCOC(=O)CC[C@H]1[C@H](COCc2ccccc2)C23CCC1(OC)[C@@H]1Oc4c(OC)ccc5c4C12CCN(CC1CC1)[C@@H]3C5. The fraction of sp³-hybridized carbons (Fsp3) is 0.649. The van der Waals surface area contributed by atoms with Gasteiger partial charge in [0.05, 0.1) is 26.9 Å². The summed E-state index contributed by atoms with van der Waals surface area (Å²) in [7, 11) is 3.63. The molecule has 5 aliphatic carbocycles. The van der Waals surface area contributed by atoms with Gasteiger partial charge in [0, 0.05) is 42.5 Å². The van der Waals surface area contributed by atoms with Crippen LogP contribution in [0.25, 0.3) is 0 Å². The van der Waals surface area contributed by atoms with Gasteiger partial charge in [-0.2, -0.15) is 0 Å². The zero-order chi connectivity index (χ0) is 30.1. The molecule has 0 radical (unpaired) electrons. The summed E-state index contributed by atoms with van der Waals surface area (Å²) in [6.45, 7) is 5.78. The number of piperidine rings is 1. The number of rotatable bonds is 12. The molecule has 2 heterocycles. The zero-order valence-electron chi connectivity index (χ0n) is 26.5. The Kier molecular flexibility index (Phi) is 7.04. The zero-order valence-corrected chi connectivity index (χ0v) is 26.5. The van der Waals surface area contributed by atoms with Gasteiger partial charge < -0.3 is 23.7 Å². The van der Waals surface area contributed by atoms with E-state index < -0.39 is 5.60 Å². The van der Waals surface area contributed by atoms with Crippen LogP contribution in [0.4, 0.5) is 0 Å². The van der Waals surface area contributed by atoms with E-state index in [1.165, 1.54) is 36.1 Å². The van der Waals surface area contributed by atoms with Crippen LogP contribution in [0.15, 0.2) is 42.5 Å². The summed E-state index contributed by atoms with van der Waals surface area (Å²) in [5.74, 6) is 2.77. The van der Waals surface area contributed by atoms with Crippen molar-refractivity contribution in [2.24, 2.45) is 23.2 Å². The van der Waals surface area contributed by atoms with Crippen LogP contribution in [0.5, 0.6) is 11.5 Å². The van der Waals surface area contributed by atoms with E-state index in [0.29, 0.717) is 38.7 Å². The number of hydrogen-bond acceptors (Lipinski definition) is 7. The molecule has 4 saturated carbocycles. The highest BCUT2D eigenvalue weighted by Gasteiger charge is 2.83. The first kappa shape index (κ1) is 28.8. The molecule has 2 aromatic rings. The lowest BCUT2D eigenvalue weighted by atomic mass is 9.31. The number of fused-ring (bicyclic) bond motifs is 2. The quantitative estimate of drug-likeness (QED) is 0.289. The molecule has 0 N–H and O–H groups in total. The van der Waals surface area contributed by atoms with Gasteiger partial charge in [-0.25, -0.2) is 0 Å². The van der Waals surface area contributed by atoms with Gasteiger partial charge in [-0.3, -0.25) is 9.69 Å². The highest BCUT2D eigenvalue weighted by molar-refractivity contribution is 5.69. The van der Waals surface area contributed by atoms with Crippen molar-refractivity contribution >= 4 is 5.97 Å². The van der Waals surface area contributed by atoms with E-state index in [1.807, 2.05) is 14.0 Å². The highest BCUT2D eigenvalue weighted by Crippen LogP contribution is 2.78. The second kappa shape index (κ2) is 10.7. The Labute approximate surface area is 261 Å². The van der Waals surface area contributed by atoms with E-state index >= 15 is 0 Å². The van der Waals surface area contributed by atoms with Crippen LogP contribution >= 0.6 is 0 Å². The molecule has 236 valence electrons. The molecule has 7 nitrogen and oxygen atoms in total. The van der Waals surface area contributed by atoms with Gasteiger partial charge in [-0.1, -0.05) is 36.4 Å². The second-order valence-corrected chi connectivity index (χ2v) is 14.3. The van der Waals surface area contributed by atoms with Crippen LogP contribution < -0.4 is 9.47 Å². The molecule has 9 rings (SSSR count). The summed E-state index contributed by atoms with van der Waals surface area (Å²) < 4.78 is 32.2. The molecular weight excluding hydrogens is 554 g/mol. The van der Waals surface area contributed by atoms with Gasteiger partial charge in [-0.15, -0.1) is 0 Å². The number of benzene rings is 2. The van der Waals surface area contributed by atoms with Gasteiger partial charge in [0.15, 0.2) is 11.5 Å². The van der Waals surface area contributed by atoms with E-state index in [9.17, 15) is 4.79 Å². The monoisotopic (exact) mass is 601 g/mol. The molecule has 5 fully saturated rings. The summed E-state index contributed by atoms with van der Waals surface area (Å²) in [4.78, 5) is 15.7. The number of esters is 1. The molecule has 3 unspecified atom stereocenters. The average molecular weight is 602 g/mol. The Morgan fingerprint density at radius 1 is 1.05 bits per heavy atom. The minimum absolute atomic E-state index is 0.0499. The first-order valence-electron chi connectivity index (χ1n) is 17.0. The van der Waals surface area contributed by atoms with Crippen LogP contribution in [-0.4, -0.2) is 69.1 Å². The smallest absolute Gasteiger partial charge is 0.305 e. The molecule has 7 atom stereocenters. The normalized spacial score (nSPS) is 36.1. The molecule has 7 heteroatoms. The van der Waals surface area contributed by atoms with Crippen molar-refractivity contribution in [1.82, 2.24) is 4.90 Å². The highest BCUT2D eigenvalue weighted by atomic mass is 16.6. The maximum absolute atomic E-state index is 12.9. The minimum atomic E-state index is -0.531. The Morgan fingerprint density at radius 3 is 2.64 bits per heavy atom. The van der Waals surface area contributed by atoms with E-state index in [1.54, 1.807) is 7.11 Å². The Balaban J connectivity index is 1.28. The predicted octanol–water partition coefficient (Wildman–Crippen LogP) is 5.71. The molecule has 0 amide bonds. The third kappa shape index (κ3) is 3.88.